The minimum atomic E-state index is -3.97. The third-order valence-corrected chi connectivity index (χ3v) is 5.49. The summed E-state index contributed by atoms with van der Waals surface area (Å²) in [4.78, 5) is 11.1. The van der Waals surface area contributed by atoms with Gasteiger partial charge in [-0.15, -0.1) is 0 Å². The lowest BCUT2D eigenvalue weighted by molar-refractivity contribution is -0.116. The SMILES string of the molecule is C=C1CCCC(=C)S(=O)(=O)NC(=O)CS1(=O)=O. The van der Waals surface area contributed by atoms with E-state index in [1.165, 1.54) is 0 Å². The maximum absolute atomic E-state index is 11.5. The number of hydrogen-bond acceptors (Lipinski definition) is 5. The molecule has 1 N–H and O–H groups in total. The summed E-state index contributed by atoms with van der Waals surface area (Å²) in [6.07, 6.45) is 0.535. The molecule has 1 saturated heterocycles. The van der Waals surface area contributed by atoms with Crippen LogP contribution < -0.4 is 4.72 Å². The first-order valence-corrected chi connectivity index (χ1v) is 7.93. The second-order valence-electron chi connectivity index (χ2n) is 3.72. The largest absolute Gasteiger partial charge is 0.273 e. The maximum Gasteiger partial charge on any atom is 0.259 e. The molecule has 0 aromatic heterocycles. The first-order chi connectivity index (χ1) is 7.65. The van der Waals surface area contributed by atoms with Crippen molar-refractivity contribution in [1.29, 1.82) is 0 Å². The van der Waals surface area contributed by atoms with Gasteiger partial charge in [-0.2, -0.15) is 0 Å². The van der Waals surface area contributed by atoms with Crippen molar-refractivity contribution in [2.75, 3.05) is 5.75 Å². The van der Waals surface area contributed by atoms with E-state index in [4.69, 9.17) is 0 Å². The van der Waals surface area contributed by atoms with Gasteiger partial charge < -0.3 is 0 Å². The van der Waals surface area contributed by atoms with Crippen LogP contribution in [0.1, 0.15) is 19.3 Å². The number of allylic oxidation sites excluding steroid dienone is 2. The second-order valence-corrected chi connectivity index (χ2v) is 7.60. The van der Waals surface area contributed by atoms with E-state index in [1.54, 1.807) is 4.72 Å². The summed E-state index contributed by atoms with van der Waals surface area (Å²) in [7, 11) is -7.74. The predicted octanol–water partition coefficient (Wildman–Crippen LogP) is 0.0585. The molecule has 0 spiro atoms. The molecule has 1 fully saturated rings. The van der Waals surface area contributed by atoms with Crippen molar-refractivity contribution >= 4 is 25.8 Å². The number of sulfone groups is 1. The summed E-state index contributed by atoms with van der Waals surface area (Å²) < 4.78 is 47.7. The molecule has 0 atom stereocenters. The topological polar surface area (TPSA) is 97.4 Å². The summed E-state index contributed by atoms with van der Waals surface area (Å²) in [5.74, 6) is -1.99. The van der Waals surface area contributed by atoms with E-state index in [0.29, 0.717) is 6.42 Å². The summed E-state index contributed by atoms with van der Waals surface area (Å²) in [5.41, 5.74) is 0. The molecule has 0 aromatic rings. The Balaban J connectivity index is 3.08. The van der Waals surface area contributed by atoms with Gasteiger partial charge in [0.25, 0.3) is 10.0 Å². The van der Waals surface area contributed by atoms with Crippen LogP contribution in [0.15, 0.2) is 23.0 Å². The zero-order chi connectivity index (χ0) is 13.3. The molecule has 96 valence electrons. The number of hydrogen-bond donors (Lipinski definition) is 1. The molecule has 1 amide bonds. The van der Waals surface area contributed by atoms with E-state index in [1.807, 2.05) is 0 Å². The van der Waals surface area contributed by atoms with Crippen molar-refractivity contribution in [3.05, 3.63) is 23.0 Å². The number of carbonyl (C=O) groups is 1. The fourth-order valence-electron chi connectivity index (χ4n) is 1.30. The van der Waals surface area contributed by atoms with Gasteiger partial charge in [-0.1, -0.05) is 13.2 Å². The normalized spacial score (nSPS) is 25.1. The number of amides is 1. The molecule has 8 heteroatoms. The van der Waals surface area contributed by atoms with E-state index in [2.05, 4.69) is 13.2 Å². The van der Waals surface area contributed by atoms with Crippen LogP contribution in [0.4, 0.5) is 0 Å². The molecule has 0 bridgehead atoms. The Bertz CT molecular complexity index is 521. The highest BCUT2D eigenvalue weighted by atomic mass is 32.2. The lowest BCUT2D eigenvalue weighted by atomic mass is 10.2. The van der Waals surface area contributed by atoms with Gasteiger partial charge in [-0.25, -0.2) is 21.6 Å². The van der Waals surface area contributed by atoms with Gasteiger partial charge in [0, 0.05) is 4.91 Å². The third kappa shape index (κ3) is 3.40. The Morgan fingerprint density at radius 3 is 2.12 bits per heavy atom. The van der Waals surface area contributed by atoms with Crippen LogP contribution in [-0.4, -0.2) is 28.5 Å². The number of nitrogens with one attached hydrogen (secondary N) is 1. The summed E-state index contributed by atoms with van der Waals surface area (Å²) in [6.45, 7) is 6.74. The van der Waals surface area contributed by atoms with Gasteiger partial charge in [-0.05, 0) is 19.3 Å². The molecule has 1 aliphatic rings. The standard InChI is InChI=1S/C9H13NO5S2/c1-7-4-3-5-8(2)17(14,15)10-9(11)6-16(7,12)13/h1-6H2,(H,10,11). The van der Waals surface area contributed by atoms with Crippen molar-refractivity contribution in [2.45, 2.75) is 19.3 Å². The van der Waals surface area contributed by atoms with Gasteiger partial charge in [-0.3, -0.25) is 4.79 Å². The first-order valence-electron chi connectivity index (χ1n) is 4.79. The predicted molar refractivity (Wildman–Crippen MR) is 63.0 cm³/mol. The molecule has 0 radical (unpaired) electrons. The Hall–Kier alpha value is -1.15. The van der Waals surface area contributed by atoms with E-state index in [9.17, 15) is 21.6 Å². The number of carbonyl (C=O) groups excluding carboxylic acids is 1. The van der Waals surface area contributed by atoms with E-state index in [-0.39, 0.29) is 22.7 Å². The van der Waals surface area contributed by atoms with Gasteiger partial charge in [0.1, 0.15) is 5.75 Å². The van der Waals surface area contributed by atoms with Crippen LogP contribution in [0.3, 0.4) is 0 Å². The smallest absolute Gasteiger partial charge is 0.259 e. The van der Waals surface area contributed by atoms with Crippen molar-refractivity contribution in [3.8, 4) is 0 Å². The Morgan fingerprint density at radius 1 is 1.00 bits per heavy atom. The number of sulfonamides is 1. The van der Waals surface area contributed by atoms with Crippen LogP contribution >= 0.6 is 0 Å². The summed E-state index contributed by atoms with van der Waals surface area (Å²) in [6, 6.07) is 0. The van der Waals surface area contributed by atoms with Crippen LogP contribution in [0.5, 0.6) is 0 Å². The van der Waals surface area contributed by atoms with Crippen molar-refractivity contribution < 1.29 is 21.6 Å². The highest BCUT2D eigenvalue weighted by Gasteiger charge is 2.26. The Labute approximate surface area is 100 Å². The Kier molecular flexibility index (Phi) is 3.78. The minimum absolute atomic E-state index is 0.0558. The van der Waals surface area contributed by atoms with E-state index >= 15 is 0 Å². The molecule has 1 rings (SSSR count). The monoisotopic (exact) mass is 279 g/mol. The van der Waals surface area contributed by atoms with Gasteiger partial charge in [0.15, 0.2) is 9.84 Å². The van der Waals surface area contributed by atoms with Crippen LogP contribution in [0, 0.1) is 0 Å². The molecule has 0 unspecified atom stereocenters. The van der Waals surface area contributed by atoms with Gasteiger partial charge in [0.05, 0.1) is 4.91 Å². The third-order valence-electron chi connectivity index (χ3n) is 2.30. The molecule has 0 aromatic carbocycles. The highest BCUT2D eigenvalue weighted by Crippen LogP contribution is 2.19. The highest BCUT2D eigenvalue weighted by molar-refractivity contribution is 7.96. The van der Waals surface area contributed by atoms with Gasteiger partial charge >= 0.3 is 0 Å². The quantitative estimate of drug-likeness (QED) is 0.676. The second kappa shape index (κ2) is 4.61. The minimum Gasteiger partial charge on any atom is -0.273 e. The van der Waals surface area contributed by atoms with E-state index in [0.717, 1.165) is 0 Å². The van der Waals surface area contributed by atoms with Crippen molar-refractivity contribution in [3.63, 3.8) is 0 Å². The van der Waals surface area contributed by atoms with Crippen LogP contribution in [-0.2, 0) is 24.7 Å². The van der Waals surface area contributed by atoms with Crippen LogP contribution in [0.2, 0.25) is 0 Å². The van der Waals surface area contributed by atoms with E-state index < -0.39 is 31.5 Å². The van der Waals surface area contributed by atoms with Crippen molar-refractivity contribution in [2.24, 2.45) is 0 Å². The summed E-state index contributed by atoms with van der Waals surface area (Å²) >= 11 is 0. The maximum atomic E-state index is 11.5. The molecule has 1 aliphatic heterocycles. The number of rotatable bonds is 0. The molecule has 1 heterocycles. The van der Waals surface area contributed by atoms with Gasteiger partial charge in [0.2, 0.25) is 5.91 Å². The molecule has 6 nitrogen and oxygen atoms in total. The lowest BCUT2D eigenvalue weighted by Crippen LogP contribution is -2.36. The Morgan fingerprint density at radius 2 is 1.53 bits per heavy atom. The molecule has 0 saturated carbocycles. The average Bonchev–Trinajstić information content (AvgIpc) is 2.13. The fourth-order valence-corrected chi connectivity index (χ4v) is 3.40. The fraction of sp³-hybridized carbons (Fsp3) is 0.444. The molecular weight excluding hydrogens is 266 g/mol. The molecule has 0 aliphatic carbocycles. The summed E-state index contributed by atoms with van der Waals surface area (Å²) in [5, 5.41) is 0. The molecular formula is C9H13NO5S2. The zero-order valence-corrected chi connectivity index (χ0v) is 10.7. The average molecular weight is 279 g/mol. The lowest BCUT2D eigenvalue weighted by Gasteiger charge is -2.13. The van der Waals surface area contributed by atoms with Crippen LogP contribution in [0.25, 0.3) is 0 Å². The van der Waals surface area contributed by atoms with Crippen molar-refractivity contribution in [1.82, 2.24) is 4.72 Å². The molecule has 17 heavy (non-hydrogen) atoms. The first kappa shape index (κ1) is 13.9. The zero-order valence-electron chi connectivity index (χ0n) is 9.10.